The van der Waals surface area contributed by atoms with Crippen molar-refractivity contribution in [3.8, 4) is 0 Å². The lowest BCUT2D eigenvalue weighted by Crippen LogP contribution is -2.10. The molecule has 21 heavy (non-hydrogen) atoms. The number of halogens is 2. The van der Waals surface area contributed by atoms with E-state index in [1.165, 1.54) is 0 Å². The first-order chi connectivity index (χ1) is 9.76. The van der Waals surface area contributed by atoms with Gasteiger partial charge in [-0.3, -0.25) is 0 Å². The number of benzene rings is 1. The lowest BCUT2D eigenvalue weighted by Gasteiger charge is -2.02. The molecule has 118 valence electrons. The van der Waals surface area contributed by atoms with Crippen molar-refractivity contribution in [3.63, 3.8) is 0 Å². The molecule has 0 radical (unpaired) electrons. The topological polar surface area (TPSA) is 112 Å². The van der Waals surface area contributed by atoms with Crippen LogP contribution in [-0.4, -0.2) is 45.0 Å². The van der Waals surface area contributed by atoms with Crippen LogP contribution in [0.1, 0.15) is 44.9 Å². The zero-order chi connectivity index (χ0) is 17.0. The third-order valence-corrected chi connectivity index (χ3v) is 1.73. The maximum atomic E-state index is 10.6. The SMILES string of the molecule is CCCl.CCCl.O=C(O)c1ccc(C(=O)O)c(C(=O)O)c1. The smallest absolute Gasteiger partial charge is 0.336 e. The highest BCUT2D eigenvalue weighted by molar-refractivity contribution is 6.17. The van der Waals surface area contributed by atoms with Crippen LogP contribution in [0.25, 0.3) is 0 Å². The van der Waals surface area contributed by atoms with Crippen molar-refractivity contribution in [2.45, 2.75) is 13.8 Å². The lowest BCUT2D eigenvalue weighted by atomic mass is 10.0. The number of hydrogen-bond donors (Lipinski definition) is 3. The van der Waals surface area contributed by atoms with E-state index >= 15 is 0 Å². The maximum absolute atomic E-state index is 10.6. The summed E-state index contributed by atoms with van der Waals surface area (Å²) in [5.41, 5.74) is -1.24. The Labute approximate surface area is 131 Å². The van der Waals surface area contributed by atoms with Crippen molar-refractivity contribution >= 4 is 41.1 Å². The van der Waals surface area contributed by atoms with Crippen molar-refractivity contribution in [2.75, 3.05) is 11.8 Å². The number of aromatic carboxylic acids is 3. The van der Waals surface area contributed by atoms with E-state index in [-0.39, 0.29) is 5.56 Å². The van der Waals surface area contributed by atoms with E-state index < -0.39 is 29.0 Å². The second-order valence-corrected chi connectivity index (χ2v) is 4.28. The van der Waals surface area contributed by atoms with Crippen LogP contribution in [0.4, 0.5) is 0 Å². The van der Waals surface area contributed by atoms with E-state index in [1.54, 1.807) is 0 Å². The second kappa shape index (κ2) is 12.0. The number of rotatable bonds is 3. The molecule has 3 N–H and O–H groups in total. The highest BCUT2D eigenvalue weighted by atomic mass is 35.5. The van der Waals surface area contributed by atoms with E-state index in [9.17, 15) is 14.4 Å². The Balaban J connectivity index is 0. The molecule has 0 aliphatic carbocycles. The Kier molecular flexibility index (Phi) is 12.3. The van der Waals surface area contributed by atoms with Gasteiger partial charge in [-0.1, -0.05) is 13.8 Å². The van der Waals surface area contributed by atoms with Crippen molar-refractivity contribution in [3.05, 3.63) is 34.9 Å². The average molecular weight is 339 g/mol. The zero-order valence-corrected chi connectivity index (χ0v) is 13.0. The van der Waals surface area contributed by atoms with Gasteiger partial charge < -0.3 is 15.3 Å². The molecule has 8 heteroatoms. The monoisotopic (exact) mass is 338 g/mol. The van der Waals surface area contributed by atoms with Gasteiger partial charge in [0.2, 0.25) is 0 Å². The summed E-state index contributed by atoms with van der Waals surface area (Å²) in [5, 5.41) is 25.9. The molecule has 0 spiro atoms. The minimum atomic E-state index is -1.48. The van der Waals surface area contributed by atoms with Crippen molar-refractivity contribution in [1.29, 1.82) is 0 Å². The summed E-state index contributed by atoms with van der Waals surface area (Å²) in [7, 11) is 0. The van der Waals surface area contributed by atoms with Crippen LogP contribution in [0.5, 0.6) is 0 Å². The first kappa shape index (κ1) is 21.5. The van der Waals surface area contributed by atoms with Crippen LogP contribution in [0, 0.1) is 0 Å². The van der Waals surface area contributed by atoms with Crippen molar-refractivity contribution in [1.82, 2.24) is 0 Å². The number of carboxylic acids is 3. The second-order valence-electron chi connectivity index (χ2n) is 3.21. The van der Waals surface area contributed by atoms with Gasteiger partial charge in [-0.25, -0.2) is 14.4 Å². The molecule has 0 atom stereocenters. The Bertz CT molecular complexity index is 486. The summed E-state index contributed by atoms with van der Waals surface area (Å²) >= 11 is 10.00. The van der Waals surface area contributed by atoms with Crippen molar-refractivity contribution in [2.24, 2.45) is 0 Å². The molecule has 0 unspecified atom stereocenters. The molecule has 0 amide bonds. The summed E-state index contributed by atoms with van der Waals surface area (Å²) in [6.45, 7) is 3.78. The molecule has 0 saturated carbocycles. The van der Waals surface area contributed by atoms with Crippen LogP contribution in [0.15, 0.2) is 18.2 Å². The maximum Gasteiger partial charge on any atom is 0.336 e. The Hall–Kier alpha value is -1.79. The number of carbonyl (C=O) groups is 3. The Morgan fingerprint density at radius 1 is 0.857 bits per heavy atom. The quantitative estimate of drug-likeness (QED) is 0.729. The largest absolute Gasteiger partial charge is 0.478 e. The van der Waals surface area contributed by atoms with E-state index in [2.05, 4.69) is 0 Å². The number of alkyl halides is 2. The minimum Gasteiger partial charge on any atom is -0.478 e. The van der Waals surface area contributed by atoms with Crippen LogP contribution in [-0.2, 0) is 0 Å². The van der Waals surface area contributed by atoms with Crippen LogP contribution in [0.3, 0.4) is 0 Å². The molecule has 1 aromatic carbocycles. The summed E-state index contributed by atoms with van der Waals surface area (Å²) in [6, 6.07) is 2.81. The molecule has 0 heterocycles. The molecule has 0 aromatic heterocycles. The lowest BCUT2D eigenvalue weighted by molar-refractivity contribution is 0.0649. The van der Waals surface area contributed by atoms with Gasteiger partial charge in [0.15, 0.2) is 0 Å². The van der Waals surface area contributed by atoms with Gasteiger partial charge in [-0.2, -0.15) is 0 Å². The Morgan fingerprint density at radius 3 is 1.52 bits per heavy atom. The highest BCUT2D eigenvalue weighted by Crippen LogP contribution is 2.12. The predicted octanol–water partition coefficient (Wildman–Crippen LogP) is 3.27. The van der Waals surface area contributed by atoms with Crippen LogP contribution in [0.2, 0.25) is 0 Å². The van der Waals surface area contributed by atoms with Crippen LogP contribution < -0.4 is 0 Å². The molecule has 0 saturated heterocycles. The standard InChI is InChI=1S/C9H6O6.2C2H5Cl/c10-7(11)4-1-2-5(8(12)13)6(3-4)9(14)15;2*1-2-3/h1-3H,(H,10,11)(H,12,13)(H,14,15);2*2H2,1H3. The average Bonchev–Trinajstić information content (AvgIpc) is 2.39. The summed E-state index contributed by atoms with van der Waals surface area (Å²) in [6.07, 6.45) is 0. The summed E-state index contributed by atoms with van der Waals surface area (Å²) in [5.74, 6) is -2.76. The van der Waals surface area contributed by atoms with E-state index in [1.807, 2.05) is 13.8 Å². The number of hydrogen-bond acceptors (Lipinski definition) is 3. The molecule has 0 aliphatic rings. The molecular formula is C13H16Cl2O6. The first-order valence-electron chi connectivity index (χ1n) is 5.72. The fourth-order valence-corrected chi connectivity index (χ4v) is 1.04. The van der Waals surface area contributed by atoms with Crippen molar-refractivity contribution < 1.29 is 29.7 Å². The molecular weight excluding hydrogens is 323 g/mol. The van der Waals surface area contributed by atoms with E-state index in [0.717, 1.165) is 30.0 Å². The molecule has 1 aromatic rings. The third-order valence-electron chi connectivity index (χ3n) is 1.73. The van der Waals surface area contributed by atoms with Crippen LogP contribution >= 0.6 is 23.2 Å². The fraction of sp³-hybridized carbons (Fsp3) is 0.308. The fourth-order valence-electron chi connectivity index (χ4n) is 1.04. The molecule has 0 fully saturated rings. The van der Waals surface area contributed by atoms with E-state index in [4.69, 9.17) is 38.5 Å². The molecule has 1 rings (SSSR count). The van der Waals surface area contributed by atoms with Gasteiger partial charge in [0.05, 0.1) is 16.7 Å². The van der Waals surface area contributed by atoms with Gasteiger partial charge in [-0.05, 0) is 18.2 Å². The number of carboxylic acid groups (broad SMARTS) is 3. The minimum absolute atomic E-state index is 0.266. The normalized spacial score (nSPS) is 8.57. The first-order valence-corrected chi connectivity index (χ1v) is 6.79. The van der Waals surface area contributed by atoms with Gasteiger partial charge in [-0.15, -0.1) is 23.2 Å². The van der Waals surface area contributed by atoms with Gasteiger partial charge >= 0.3 is 17.9 Å². The molecule has 0 aliphatic heterocycles. The third kappa shape index (κ3) is 8.88. The zero-order valence-electron chi connectivity index (χ0n) is 11.5. The van der Waals surface area contributed by atoms with Gasteiger partial charge in [0.25, 0.3) is 0 Å². The van der Waals surface area contributed by atoms with E-state index in [0.29, 0.717) is 0 Å². The van der Waals surface area contributed by atoms with Gasteiger partial charge in [0, 0.05) is 11.8 Å². The summed E-state index contributed by atoms with van der Waals surface area (Å²) in [4.78, 5) is 31.8. The molecule has 0 bridgehead atoms. The molecule has 6 nitrogen and oxygen atoms in total. The predicted molar refractivity (Wildman–Crippen MR) is 80.1 cm³/mol. The highest BCUT2D eigenvalue weighted by Gasteiger charge is 2.17. The Morgan fingerprint density at radius 2 is 1.24 bits per heavy atom. The van der Waals surface area contributed by atoms with Gasteiger partial charge in [0.1, 0.15) is 0 Å². The summed E-state index contributed by atoms with van der Waals surface area (Å²) < 4.78 is 0.